The summed E-state index contributed by atoms with van der Waals surface area (Å²) in [6.45, 7) is 7.29. The summed E-state index contributed by atoms with van der Waals surface area (Å²) in [7, 11) is 0. The number of carboxylic acids is 1. The van der Waals surface area contributed by atoms with Crippen LogP contribution in [0.5, 0.6) is 0 Å². The van der Waals surface area contributed by atoms with Crippen LogP contribution < -0.4 is 34.7 Å². The van der Waals surface area contributed by atoms with Crippen LogP contribution in [0.25, 0.3) is 0 Å². The molecule has 2 aliphatic carbocycles. The number of hydrogen-bond donors (Lipinski definition) is 2. The molecule has 2 rings (SSSR count). The molecule has 0 aromatic rings. The van der Waals surface area contributed by atoms with Gasteiger partial charge in [-0.15, -0.1) is 0 Å². The molecule has 0 bridgehead atoms. The third-order valence-corrected chi connectivity index (χ3v) is 7.24. The summed E-state index contributed by atoms with van der Waals surface area (Å²) in [6, 6.07) is 0. The van der Waals surface area contributed by atoms with E-state index in [2.05, 4.69) is 20.8 Å². The molecule has 6 heteroatoms. The molecule has 0 saturated heterocycles. The zero-order valence-corrected chi connectivity index (χ0v) is 22.8. The van der Waals surface area contributed by atoms with E-state index >= 15 is 0 Å². The molecule has 2 N–H and O–H groups in total. The second kappa shape index (κ2) is 15.4. The van der Waals surface area contributed by atoms with Crippen molar-refractivity contribution in [2.75, 3.05) is 6.61 Å². The van der Waals surface area contributed by atoms with Crippen molar-refractivity contribution in [2.45, 2.75) is 104 Å². The maximum atomic E-state index is 10.6. The van der Waals surface area contributed by atoms with Crippen molar-refractivity contribution < 1.29 is 54.4 Å². The van der Waals surface area contributed by atoms with Gasteiger partial charge < -0.3 is 24.9 Å². The Morgan fingerprint density at radius 2 is 1.81 bits per heavy atom. The van der Waals surface area contributed by atoms with Crippen molar-refractivity contribution in [1.29, 1.82) is 0 Å². The summed E-state index contributed by atoms with van der Waals surface area (Å²) >= 11 is 0. The molecule has 0 aromatic heterocycles. The standard InChI is InChI=1S/C26H44O5.Na/c1-4-10-19(11-5-2)17-31-24-15-14-22(27)21-16-23(28)18(3)20(26(21)24)12-8-6-7-9-13-25(29)30;/h16,18-20,24,26-28H,4-15,17H2,1-3H3,(H,29,30);/q;+1/p-1/t18-,20+,24-,26+;/m0./s1. The van der Waals surface area contributed by atoms with Crippen LogP contribution in [0.15, 0.2) is 23.2 Å². The molecule has 4 atom stereocenters. The van der Waals surface area contributed by atoms with Crippen molar-refractivity contribution in [2.24, 2.45) is 23.7 Å². The van der Waals surface area contributed by atoms with E-state index in [0.717, 1.165) is 44.3 Å². The number of carbonyl (C=O) groups excluding carboxylic acids is 1. The summed E-state index contributed by atoms with van der Waals surface area (Å²) in [5, 5.41) is 31.7. The normalized spacial score (nSPS) is 25.3. The van der Waals surface area contributed by atoms with Crippen LogP contribution in [0.2, 0.25) is 0 Å². The molecule has 178 valence electrons. The number of aliphatic hydroxyl groups is 2. The predicted octanol–water partition coefficient (Wildman–Crippen LogP) is 2.61. The molecule has 2 aliphatic rings. The van der Waals surface area contributed by atoms with Crippen molar-refractivity contribution >= 4 is 5.97 Å². The number of aliphatic hydroxyl groups excluding tert-OH is 2. The van der Waals surface area contributed by atoms with Gasteiger partial charge in [0.05, 0.1) is 17.6 Å². The second-order valence-corrected chi connectivity index (χ2v) is 9.63. The number of unbranched alkanes of at least 4 members (excludes halogenated alkanes) is 3. The van der Waals surface area contributed by atoms with Crippen molar-refractivity contribution in [1.82, 2.24) is 0 Å². The second-order valence-electron chi connectivity index (χ2n) is 9.63. The molecule has 0 spiro atoms. The zero-order chi connectivity index (χ0) is 22.8. The Bertz CT molecular complexity index is 624. The molecule has 0 aliphatic heterocycles. The van der Waals surface area contributed by atoms with Gasteiger partial charge in [0.25, 0.3) is 0 Å². The van der Waals surface area contributed by atoms with Crippen molar-refractivity contribution in [3.63, 3.8) is 0 Å². The van der Waals surface area contributed by atoms with Crippen LogP contribution in [-0.4, -0.2) is 28.9 Å². The van der Waals surface area contributed by atoms with E-state index in [4.69, 9.17) is 4.74 Å². The number of carbonyl (C=O) groups is 1. The van der Waals surface area contributed by atoms with Crippen LogP contribution in [0, 0.1) is 23.7 Å². The summed E-state index contributed by atoms with van der Waals surface area (Å²) in [4.78, 5) is 10.6. The molecule has 5 nitrogen and oxygen atoms in total. The smallest absolute Gasteiger partial charge is 0.550 e. The SMILES string of the molecule is CCCC(CCC)CO[C@H]1CCC(O)=C2C=C(O)[C@@H](C)[C@@H](CCCCCCC(=O)[O-])[C@H]21.[Na+]. The topological polar surface area (TPSA) is 89.8 Å². The third-order valence-electron chi connectivity index (χ3n) is 7.24. The molecule has 0 saturated carbocycles. The maximum absolute atomic E-state index is 10.6. The van der Waals surface area contributed by atoms with Gasteiger partial charge in [-0.1, -0.05) is 52.9 Å². The number of rotatable bonds is 14. The van der Waals surface area contributed by atoms with Crippen LogP contribution >= 0.6 is 0 Å². The van der Waals surface area contributed by atoms with Gasteiger partial charge in [-0.25, -0.2) is 0 Å². The van der Waals surface area contributed by atoms with Gasteiger partial charge in [-0.05, 0) is 62.0 Å². The minimum atomic E-state index is -0.979. The number of hydrogen-bond acceptors (Lipinski definition) is 5. The largest absolute Gasteiger partial charge is 1.00 e. The summed E-state index contributed by atoms with van der Waals surface area (Å²) in [5.74, 6) is 0.751. The van der Waals surface area contributed by atoms with E-state index in [-0.39, 0.29) is 59.8 Å². The van der Waals surface area contributed by atoms with E-state index < -0.39 is 5.97 Å². The van der Waals surface area contributed by atoms with Gasteiger partial charge in [0.2, 0.25) is 0 Å². The van der Waals surface area contributed by atoms with E-state index in [1.54, 1.807) is 6.08 Å². The fourth-order valence-electron chi connectivity index (χ4n) is 5.51. The Morgan fingerprint density at radius 3 is 2.44 bits per heavy atom. The Balaban J connectivity index is 0.00000512. The monoisotopic (exact) mass is 458 g/mol. The quantitative estimate of drug-likeness (QED) is 0.309. The van der Waals surface area contributed by atoms with E-state index in [0.29, 0.717) is 30.3 Å². The first-order valence-corrected chi connectivity index (χ1v) is 12.5. The Hall–Kier alpha value is -0.490. The van der Waals surface area contributed by atoms with E-state index in [9.17, 15) is 20.1 Å². The minimum absolute atomic E-state index is 0. The Morgan fingerprint density at radius 1 is 1.16 bits per heavy atom. The fourth-order valence-corrected chi connectivity index (χ4v) is 5.51. The molecule has 0 radical (unpaired) electrons. The first-order valence-electron chi connectivity index (χ1n) is 12.5. The van der Waals surface area contributed by atoms with Crippen LogP contribution in [-0.2, 0) is 9.53 Å². The third kappa shape index (κ3) is 8.70. The summed E-state index contributed by atoms with van der Waals surface area (Å²) < 4.78 is 6.52. The average Bonchev–Trinajstić information content (AvgIpc) is 2.73. The Labute approximate surface area is 217 Å². The number of aliphatic carboxylic acids is 1. The molecular weight excluding hydrogens is 415 g/mol. The van der Waals surface area contributed by atoms with Gasteiger partial charge in [0.15, 0.2) is 0 Å². The van der Waals surface area contributed by atoms with Gasteiger partial charge in [-0.2, -0.15) is 0 Å². The van der Waals surface area contributed by atoms with Crippen LogP contribution in [0.4, 0.5) is 0 Å². The number of ether oxygens (including phenoxy) is 1. The number of carboxylic acid groups (broad SMARTS) is 1. The van der Waals surface area contributed by atoms with Gasteiger partial charge >= 0.3 is 29.6 Å². The van der Waals surface area contributed by atoms with Gasteiger partial charge in [0.1, 0.15) is 0 Å². The Kier molecular flexibility index (Phi) is 14.2. The summed E-state index contributed by atoms with van der Waals surface area (Å²) in [5.41, 5.74) is 0.872. The minimum Gasteiger partial charge on any atom is -0.550 e. The van der Waals surface area contributed by atoms with E-state index in [1.807, 2.05) is 0 Å². The van der Waals surface area contributed by atoms with Crippen LogP contribution in [0.1, 0.15) is 97.8 Å². The maximum Gasteiger partial charge on any atom is 1.00 e. The molecule has 0 fully saturated rings. The molecule has 32 heavy (non-hydrogen) atoms. The van der Waals surface area contributed by atoms with Gasteiger partial charge in [0, 0.05) is 30.8 Å². The van der Waals surface area contributed by atoms with Crippen molar-refractivity contribution in [3.8, 4) is 0 Å². The molecule has 0 aromatic carbocycles. The van der Waals surface area contributed by atoms with Crippen LogP contribution in [0.3, 0.4) is 0 Å². The fraction of sp³-hybridized carbons (Fsp3) is 0.808. The molecule has 0 heterocycles. The predicted molar refractivity (Wildman–Crippen MR) is 121 cm³/mol. The molecular formula is C26H43NaO5. The van der Waals surface area contributed by atoms with E-state index in [1.165, 1.54) is 25.7 Å². The number of fused-ring (bicyclic) bond motifs is 1. The first kappa shape index (κ1) is 29.5. The average molecular weight is 459 g/mol. The number of allylic oxidation sites excluding steroid dienone is 3. The zero-order valence-electron chi connectivity index (χ0n) is 20.8. The molecule has 0 amide bonds. The molecule has 0 unspecified atom stereocenters. The first-order chi connectivity index (χ1) is 14.9. The van der Waals surface area contributed by atoms with Crippen molar-refractivity contribution in [3.05, 3.63) is 23.2 Å². The summed E-state index contributed by atoms with van der Waals surface area (Å²) in [6.07, 6.45) is 12.6. The van der Waals surface area contributed by atoms with Gasteiger partial charge in [-0.3, -0.25) is 0 Å².